The summed E-state index contributed by atoms with van der Waals surface area (Å²) in [5.41, 5.74) is 1.87. The highest BCUT2D eigenvalue weighted by Gasteiger charge is 2.35. The lowest BCUT2D eigenvalue weighted by Gasteiger charge is -2.46. The van der Waals surface area contributed by atoms with E-state index in [1.54, 1.807) is 0 Å². The van der Waals surface area contributed by atoms with Gasteiger partial charge in [-0.3, -0.25) is 4.90 Å². The van der Waals surface area contributed by atoms with Gasteiger partial charge in [0.15, 0.2) is 0 Å². The molecule has 1 aromatic carbocycles. The minimum atomic E-state index is 0.466. The fraction of sp³-hybridized carbons (Fsp3) is 0.571. The predicted octanol–water partition coefficient (Wildman–Crippen LogP) is 3.93. The molecule has 0 amide bonds. The molecule has 1 aliphatic rings. The number of rotatable bonds is 2. The number of hydrogen-bond donors (Lipinski definition) is 0. The Kier molecular flexibility index (Phi) is 3.41. The van der Waals surface area contributed by atoms with Crippen molar-refractivity contribution in [1.82, 2.24) is 4.90 Å². The van der Waals surface area contributed by atoms with E-state index in [0.29, 0.717) is 5.41 Å². The maximum absolute atomic E-state index is 3.52. The molecule has 0 unspecified atom stereocenters. The molecule has 1 nitrogen and oxygen atoms in total. The first kappa shape index (κ1) is 12.1. The molecule has 0 aliphatic carbocycles. The standard InChI is InChI=1S/C14H20BrN/c1-14(2,3)12-9-16(10-12)8-11-5-4-6-13(15)7-11/h4-7,12H,8-10H2,1-3H3. The highest BCUT2D eigenvalue weighted by molar-refractivity contribution is 9.10. The quantitative estimate of drug-likeness (QED) is 0.794. The number of benzene rings is 1. The smallest absolute Gasteiger partial charge is 0.0234 e. The monoisotopic (exact) mass is 281 g/mol. The SMILES string of the molecule is CC(C)(C)C1CN(Cc2cccc(Br)c2)C1. The van der Waals surface area contributed by atoms with E-state index < -0.39 is 0 Å². The molecule has 0 bridgehead atoms. The molecule has 0 aromatic heterocycles. The number of halogens is 1. The lowest BCUT2D eigenvalue weighted by atomic mass is 9.76. The first-order chi connectivity index (χ1) is 7.45. The summed E-state index contributed by atoms with van der Waals surface area (Å²) >= 11 is 3.52. The molecular formula is C14H20BrN. The summed E-state index contributed by atoms with van der Waals surface area (Å²) in [4.78, 5) is 2.53. The van der Waals surface area contributed by atoms with Crippen molar-refractivity contribution in [3.05, 3.63) is 34.3 Å². The lowest BCUT2D eigenvalue weighted by Crippen LogP contribution is -2.51. The highest BCUT2D eigenvalue weighted by Crippen LogP contribution is 2.34. The Morgan fingerprint density at radius 2 is 2.00 bits per heavy atom. The third kappa shape index (κ3) is 2.86. The molecule has 0 N–H and O–H groups in total. The van der Waals surface area contributed by atoms with E-state index in [2.05, 4.69) is 65.9 Å². The topological polar surface area (TPSA) is 3.24 Å². The third-order valence-electron chi connectivity index (χ3n) is 3.48. The van der Waals surface area contributed by atoms with E-state index >= 15 is 0 Å². The summed E-state index contributed by atoms with van der Waals surface area (Å²) in [7, 11) is 0. The average Bonchev–Trinajstić information content (AvgIpc) is 2.08. The molecule has 1 saturated heterocycles. The number of hydrogen-bond acceptors (Lipinski definition) is 1. The van der Waals surface area contributed by atoms with Crippen molar-refractivity contribution < 1.29 is 0 Å². The van der Waals surface area contributed by atoms with Crippen molar-refractivity contribution in [3.8, 4) is 0 Å². The highest BCUT2D eigenvalue weighted by atomic mass is 79.9. The van der Waals surface area contributed by atoms with E-state index in [1.807, 2.05) is 0 Å². The Hall–Kier alpha value is -0.340. The zero-order valence-corrected chi connectivity index (χ0v) is 11.9. The Labute approximate surface area is 107 Å². The Morgan fingerprint density at radius 1 is 1.31 bits per heavy atom. The minimum Gasteiger partial charge on any atom is -0.298 e. The maximum atomic E-state index is 3.52. The zero-order valence-electron chi connectivity index (χ0n) is 10.3. The molecule has 1 aromatic rings. The fourth-order valence-electron chi connectivity index (χ4n) is 2.14. The zero-order chi connectivity index (χ0) is 11.8. The van der Waals surface area contributed by atoms with Crippen molar-refractivity contribution >= 4 is 15.9 Å². The molecular weight excluding hydrogens is 262 g/mol. The van der Waals surface area contributed by atoms with Gasteiger partial charge in [-0.05, 0) is 29.0 Å². The molecule has 0 saturated carbocycles. The van der Waals surface area contributed by atoms with Gasteiger partial charge >= 0.3 is 0 Å². The van der Waals surface area contributed by atoms with Crippen molar-refractivity contribution in [3.63, 3.8) is 0 Å². The second-order valence-corrected chi connectivity index (χ2v) is 6.80. The number of likely N-dealkylation sites (tertiary alicyclic amines) is 1. The van der Waals surface area contributed by atoms with E-state index in [9.17, 15) is 0 Å². The van der Waals surface area contributed by atoms with Gasteiger partial charge in [-0.25, -0.2) is 0 Å². The minimum absolute atomic E-state index is 0.466. The molecule has 88 valence electrons. The summed E-state index contributed by atoms with van der Waals surface area (Å²) in [6.07, 6.45) is 0. The van der Waals surface area contributed by atoms with Crippen LogP contribution in [-0.4, -0.2) is 18.0 Å². The van der Waals surface area contributed by atoms with Crippen LogP contribution < -0.4 is 0 Å². The van der Waals surface area contributed by atoms with Crippen LogP contribution in [0.1, 0.15) is 26.3 Å². The summed E-state index contributed by atoms with van der Waals surface area (Å²) in [5, 5.41) is 0. The largest absolute Gasteiger partial charge is 0.298 e. The van der Waals surface area contributed by atoms with Crippen LogP contribution in [0.15, 0.2) is 28.7 Å². The van der Waals surface area contributed by atoms with Crippen LogP contribution in [0.3, 0.4) is 0 Å². The second-order valence-electron chi connectivity index (χ2n) is 5.89. The predicted molar refractivity (Wildman–Crippen MR) is 72.4 cm³/mol. The van der Waals surface area contributed by atoms with Crippen LogP contribution in [0.5, 0.6) is 0 Å². The van der Waals surface area contributed by atoms with Crippen LogP contribution in [0.4, 0.5) is 0 Å². The second kappa shape index (κ2) is 4.50. The maximum Gasteiger partial charge on any atom is 0.0234 e. The van der Waals surface area contributed by atoms with Crippen molar-refractivity contribution in [2.24, 2.45) is 11.3 Å². The molecule has 2 rings (SSSR count). The number of nitrogens with zero attached hydrogens (tertiary/aromatic N) is 1. The van der Waals surface area contributed by atoms with Crippen molar-refractivity contribution in [2.75, 3.05) is 13.1 Å². The summed E-state index contributed by atoms with van der Waals surface area (Å²) in [6, 6.07) is 8.61. The summed E-state index contributed by atoms with van der Waals surface area (Å²) < 4.78 is 1.18. The molecule has 1 fully saturated rings. The van der Waals surface area contributed by atoms with Crippen LogP contribution in [0.2, 0.25) is 0 Å². The molecule has 2 heteroatoms. The third-order valence-corrected chi connectivity index (χ3v) is 3.97. The average molecular weight is 282 g/mol. The molecule has 0 atom stereocenters. The normalized spacial score (nSPS) is 18.5. The van der Waals surface area contributed by atoms with Crippen molar-refractivity contribution in [2.45, 2.75) is 27.3 Å². The molecule has 1 aliphatic heterocycles. The van der Waals surface area contributed by atoms with Crippen LogP contribution in [0, 0.1) is 11.3 Å². The molecule has 1 heterocycles. The Morgan fingerprint density at radius 3 is 2.56 bits per heavy atom. The Balaban J connectivity index is 1.86. The van der Waals surface area contributed by atoms with Gasteiger partial charge in [-0.15, -0.1) is 0 Å². The van der Waals surface area contributed by atoms with E-state index in [1.165, 1.54) is 23.1 Å². The first-order valence-electron chi connectivity index (χ1n) is 5.92. The van der Waals surface area contributed by atoms with Gasteiger partial charge in [0.05, 0.1) is 0 Å². The van der Waals surface area contributed by atoms with Crippen LogP contribution in [-0.2, 0) is 6.54 Å². The fourth-order valence-corrected chi connectivity index (χ4v) is 2.59. The lowest BCUT2D eigenvalue weighted by molar-refractivity contribution is 0.0189. The summed E-state index contributed by atoms with van der Waals surface area (Å²) in [6.45, 7) is 10.6. The van der Waals surface area contributed by atoms with Gasteiger partial charge in [0.2, 0.25) is 0 Å². The van der Waals surface area contributed by atoms with Gasteiger partial charge < -0.3 is 0 Å². The Bertz CT molecular complexity index is 361. The molecule has 16 heavy (non-hydrogen) atoms. The van der Waals surface area contributed by atoms with E-state index in [0.717, 1.165) is 12.5 Å². The summed E-state index contributed by atoms with van der Waals surface area (Å²) in [5.74, 6) is 0.861. The first-order valence-corrected chi connectivity index (χ1v) is 6.71. The van der Waals surface area contributed by atoms with E-state index in [-0.39, 0.29) is 0 Å². The van der Waals surface area contributed by atoms with Gasteiger partial charge in [0, 0.05) is 24.1 Å². The van der Waals surface area contributed by atoms with Crippen LogP contribution >= 0.6 is 15.9 Å². The van der Waals surface area contributed by atoms with Gasteiger partial charge in [0.25, 0.3) is 0 Å². The molecule has 0 radical (unpaired) electrons. The van der Waals surface area contributed by atoms with Gasteiger partial charge in [-0.1, -0.05) is 48.8 Å². The van der Waals surface area contributed by atoms with Gasteiger partial charge in [0.1, 0.15) is 0 Å². The van der Waals surface area contributed by atoms with Gasteiger partial charge in [-0.2, -0.15) is 0 Å². The van der Waals surface area contributed by atoms with E-state index in [4.69, 9.17) is 0 Å². The van der Waals surface area contributed by atoms with Crippen molar-refractivity contribution in [1.29, 1.82) is 0 Å². The van der Waals surface area contributed by atoms with Crippen LogP contribution in [0.25, 0.3) is 0 Å². The molecule has 0 spiro atoms.